The first-order valence-electron chi connectivity index (χ1n) is 5.33. The first-order valence-corrected chi connectivity index (χ1v) is 5.33. The molecule has 0 unspecified atom stereocenters. The Kier molecular flexibility index (Phi) is 1.72. The Hall–Kier alpha value is -2.02. The van der Waals surface area contributed by atoms with Gasteiger partial charge in [0.05, 0.1) is 28.4 Å². The van der Waals surface area contributed by atoms with Crippen LogP contribution in [0.4, 0.5) is 11.4 Å². The number of nitrogens with one attached hydrogen (secondary N) is 2. The van der Waals surface area contributed by atoms with Crippen LogP contribution in [0.15, 0.2) is 18.2 Å². The fourth-order valence-electron chi connectivity index (χ4n) is 2.02. The van der Waals surface area contributed by atoms with E-state index in [0.717, 1.165) is 24.2 Å². The fourth-order valence-corrected chi connectivity index (χ4v) is 2.02. The van der Waals surface area contributed by atoms with Crippen LogP contribution in [0.25, 0.3) is 0 Å². The number of anilines is 2. The van der Waals surface area contributed by atoms with Gasteiger partial charge in [0, 0.05) is 6.54 Å². The predicted octanol–water partition coefficient (Wildman–Crippen LogP) is 1.70. The molecule has 3 rings (SSSR count). The van der Waals surface area contributed by atoms with Gasteiger partial charge in [0.25, 0.3) is 0 Å². The van der Waals surface area contributed by atoms with Crippen molar-refractivity contribution in [3.05, 3.63) is 23.8 Å². The van der Waals surface area contributed by atoms with Gasteiger partial charge in [-0.3, -0.25) is 4.79 Å². The first kappa shape index (κ1) is 9.22. The number of hydrogen-bond acceptors (Lipinski definition) is 3. The van der Waals surface area contributed by atoms with E-state index in [2.05, 4.69) is 16.7 Å². The minimum Gasteiger partial charge on any atom is -0.382 e. The Bertz CT molecular complexity index is 511. The number of amides is 1. The monoisotopic (exact) mass is 213 g/mol. The Morgan fingerprint density at radius 1 is 1.31 bits per heavy atom. The molecule has 0 aromatic heterocycles. The number of fused-ring (bicyclic) bond motifs is 1. The molecule has 2 N–H and O–H groups in total. The van der Waals surface area contributed by atoms with Crippen LogP contribution in [0.1, 0.15) is 18.4 Å². The summed E-state index contributed by atoms with van der Waals surface area (Å²) in [7, 11) is 0. The van der Waals surface area contributed by atoms with Gasteiger partial charge in [-0.05, 0) is 31.0 Å². The van der Waals surface area contributed by atoms with Crippen LogP contribution in [0.2, 0.25) is 0 Å². The van der Waals surface area contributed by atoms with Crippen LogP contribution in [0, 0.1) is 16.7 Å². The van der Waals surface area contributed by atoms with Crippen molar-refractivity contribution in [2.45, 2.75) is 12.8 Å². The lowest BCUT2D eigenvalue weighted by Gasteiger charge is -2.09. The molecule has 4 nitrogen and oxygen atoms in total. The minimum absolute atomic E-state index is 0.100. The molecule has 0 atom stereocenters. The van der Waals surface area contributed by atoms with Crippen LogP contribution >= 0.6 is 0 Å². The highest BCUT2D eigenvalue weighted by molar-refractivity contribution is 6.01. The van der Waals surface area contributed by atoms with Crippen LogP contribution in [0.5, 0.6) is 0 Å². The molecule has 1 saturated carbocycles. The van der Waals surface area contributed by atoms with Crippen molar-refractivity contribution in [1.29, 1.82) is 5.26 Å². The average molecular weight is 213 g/mol. The normalized spacial score (nSPS) is 20.1. The maximum atomic E-state index is 11.9. The second-order valence-electron chi connectivity index (χ2n) is 4.46. The van der Waals surface area contributed by atoms with Gasteiger partial charge in [-0.2, -0.15) is 5.26 Å². The summed E-state index contributed by atoms with van der Waals surface area (Å²) in [5.41, 5.74) is 2.02. The Morgan fingerprint density at radius 2 is 2.12 bits per heavy atom. The molecular weight excluding hydrogens is 202 g/mol. The van der Waals surface area contributed by atoms with Crippen molar-refractivity contribution in [1.82, 2.24) is 0 Å². The maximum absolute atomic E-state index is 11.9. The number of nitrogens with zero attached hydrogens (tertiary/aromatic N) is 1. The van der Waals surface area contributed by atoms with Crippen LogP contribution in [-0.4, -0.2) is 12.5 Å². The van der Waals surface area contributed by atoms with Crippen molar-refractivity contribution in [3.8, 4) is 6.07 Å². The molecule has 1 aliphatic carbocycles. The number of rotatable bonds is 0. The van der Waals surface area contributed by atoms with E-state index < -0.39 is 0 Å². The highest BCUT2D eigenvalue weighted by Gasteiger charge is 2.50. The van der Waals surface area contributed by atoms with Gasteiger partial charge in [0.1, 0.15) is 0 Å². The summed E-state index contributed by atoms with van der Waals surface area (Å²) < 4.78 is 0. The molecule has 0 radical (unpaired) electrons. The maximum Gasteiger partial charge on any atom is 0.232 e. The van der Waals surface area contributed by atoms with Gasteiger partial charge >= 0.3 is 0 Å². The summed E-state index contributed by atoms with van der Waals surface area (Å²) in [6.07, 6.45) is 1.90. The summed E-state index contributed by atoms with van der Waals surface area (Å²) in [6, 6.07) is 7.36. The zero-order valence-corrected chi connectivity index (χ0v) is 8.71. The molecule has 0 saturated heterocycles. The lowest BCUT2D eigenvalue weighted by atomic mass is 10.1. The van der Waals surface area contributed by atoms with Crippen LogP contribution in [-0.2, 0) is 4.79 Å². The highest BCUT2D eigenvalue weighted by atomic mass is 16.2. The third-order valence-electron chi connectivity index (χ3n) is 3.35. The molecule has 80 valence electrons. The largest absolute Gasteiger partial charge is 0.382 e. The molecule has 1 aromatic rings. The molecule has 4 heteroatoms. The second-order valence-corrected chi connectivity index (χ2v) is 4.46. The Morgan fingerprint density at radius 3 is 2.81 bits per heavy atom. The lowest BCUT2D eigenvalue weighted by molar-refractivity contribution is -0.120. The lowest BCUT2D eigenvalue weighted by Crippen LogP contribution is -2.27. The minimum atomic E-state index is -0.203. The van der Waals surface area contributed by atoms with Gasteiger partial charge in [-0.25, -0.2) is 0 Å². The SMILES string of the molecule is N#Cc1ccc2c(c1)NCC1(CC1)C(=O)N2. The van der Waals surface area contributed by atoms with E-state index in [1.54, 1.807) is 18.2 Å². The van der Waals surface area contributed by atoms with Crippen molar-refractivity contribution < 1.29 is 4.79 Å². The Balaban J connectivity index is 2.00. The van der Waals surface area contributed by atoms with E-state index in [1.807, 2.05) is 0 Å². The number of hydrogen-bond donors (Lipinski definition) is 2. The van der Waals surface area contributed by atoms with Gasteiger partial charge in [0.2, 0.25) is 5.91 Å². The van der Waals surface area contributed by atoms with Crippen LogP contribution in [0.3, 0.4) is 0 Å². The fraction of sp³-hybridized carbons (Fsp3) is 0.333. The van der Waals surface area contributed by atoms with Crippen molar-refractivity contribution in [2.24, 2.45) is 5.41 Å². The van der Waals surface area contributed by atoms with E-state index in [-0.39, 0.29) is 11.3 Å². The molecule has 1 heterocycles. The van der Waals surface area contributed by atoms with Gasteiger partial charge in [-0.15, -0.1) is 0 Å². The molecule has 2 aliphatic rings. The van der Waals surface area contributed by atoms with E-state index in [9.17, 15) is 4.79 Å². The topological polar surface area (TPSA) is 64.9 Å². The number of benzene rings is 1. The van der Waals surface area contributed by atoms with Crippen molar-refractivity contribution in [3.63, 3.8) is 0 Å². The third-order valence-corrected chi connectivity index (χ3v) is 3.35. The molecule has 1 aliphatic heterocycles. The van der Waals surface area contributed by atoms with E-state index in [0.29, 0.717) is 12.1 Å². The van der Waals surface area contributed by atoms with Gasteiger partial charge in [-0.1, -0.05) is 0 Å². The second kappa shape index (κ2) is 2.99. The predicted molar refractivity (Wildman–Crippen MR) is 59.9 cm³/mol. The first-order chi connectivity index (χ1) is 7.73. The van der Waals surface area contributed by atoms with Crippen LogP contribution < -0.4 is 10.6 Å². The number of carbonyl (C=O) groups is 1. The summed E-state index contributed by atoms with van der Waals surface area (Å²) in [5.74, 6) is 0.100. The molecule has 0 bridgehead atoms. The highest BCUT2D eigenvalue weighted by Crippen LogP contribution is 2.48. The molecule has 1 aromatic carbocycles. The zero-order valence-electron chi connectivity index (χ0n) is 8.71. The third kappa shape index (κ3) is 1.25. The average Bonchev–Trinajstić information content (AvgIpc) is 3.09. The van der Waals surface area contributed by atoms with E-state index in [1.165, 1.54) is 0 Å². The summed E-state index contributed by atoms with van der Waals surface area (Å²) in [5, 5.41) is 15.0. The standard InChI is InChI=1S/C12H11N3O/c13-6-8-1-2-9-10(5-8)14-7-12(3-4-12)11(16)15-9/h1-2,5,14H,3-4,7H2,(H,15,16). The van der Waals surface area contributed by atoms with E-state index >= 15 is 0 Å². The molecule has 1 spiro atoms. The van der Waals surface area contributed by atoms with Crippen molar-refractivity contribution >= 4 is 17.3 Å². The molecule has 1 fully saturated rings. The molecular formula is C12H11N3O. The van der Waals surface area contributed by atoms with Gasteiger partial charge < -0.3 is 10.6 Å². The quantitative estimate of drug-likeness (QED) is 0.689. The number of nitriles is 1. The number of carbonyl (C=O) groups excluding carboxylic acids is 1. The Labute approximate surface area is 93.3 Å². The molecule has 16 heavy (non-hydrogen) atoms. The van der Waals surface area contributed by atoms with Gasteiger partial charge in [0.15, 0.2) is 0 Å². The summed E-state index contributed by atoms with van der Waals surface area (Å²) in [4.78, 5) is 11.9. The molecule has 1 amide bonds. The summed E-state index contributed by atoms with van der Waals surface area (Å²) in [6.45, 7) is 0.667. The van der Waals surface area contributed by atoms with Crippen molar-refractivity contribution in [2.75, 3.05) is 17.2 Å². The zero-order chi connectivity index (χ0) is 11.2. The van der Waals surface area contributed by atoms with E-state index in [4.69, 9.17) is 5.26 Å². The smallest absolute Gasteiger partial charge is 0.232 e. The summed E-state index contributed by atoms with van der Waals surface area (Å²) >= 11 is 0.